The summed E-state index contributed by atoms with van der Waals surface area (Å²) in [5, 5.41) is 11.6. The zero-order valence-electron chi connectivity index (χ0n) is 12.5. The Labute approximate surface area is 138 Å². The summed E-state index contributed by atoms with van der Waals surface area (Å²) in [6.45, 7) is 0. The van der Waals surface area contributed by atoms with Crippen LogP contribution in [-0.4, -0.2) is 9.32 Å². The lowest BCUT2D eigenvalue weighted by molar-refractivity contribution is -0.387. The van der Waals surface area contributed by atoms with Crippen molar-refractivity contribution in [1.82, 2.24) is 4.40 Å². The minimum atomic E-state index is -1.47. The van der Waals surface area contributed by atoms with Crippen molar-refractivity contribution in [2.75, 3.05) is 0 Å². The molecule has 4 rings (SSSR count). The van der Waals surface area contributed by atoms with Crippen LogP contribution in [0.1, 0.15) is 0 Å². The number of hydrogen-bond donors (Lipinski definition) is 0. The molecule has 7 heteroatoms. The van der Waals surface area contributed by atoms with Gasteiger partial charge in [0.15, 0.2) is 11.6 Å². The lowest BCUT2D eigenvalue weighted by Gasteiger charge is -2.12. The highest BCUT2D eigenvalue weighted by Gasteiger charge is 2.28. The van der Waals surface area contributed by atoms with E-state index in [1.54, 1.807) is 34.9 Å². The lowest BCUT2D eigenvalue weighted by atomic mass is 10.0. The van der Waals surface area contributed by atoms with E-state index in [-0.39, 0.29) is 11.6 Å². The molecule has 25 heavy (non-hydrogen) atoms. The first kappa shape index (κ1) is 15.2. The smallest absolute Gasteiger partial charge is 0.308 e. The van der Waals surface area contributed by atoms with E-state index >= 15 is 0 Å². The van der Waals surface area contributed by atoms with Gasteiger partial charge in [-0.1, -0.05) is 18.2 Å². The molecule has 0 bridgehead atoms. The van der Waals surface area contributed by atoms with Crippen LogP contribution in [0.25, 0.3) is 27.5 Å². The first-order valence-corrected chi connectivity index (χ1v) is 7.30. The Morgan fingerprint density at radius 2 is 1.64 bits per heavy atom. The number of rotatable bonds is 2. The minimum absolute atomic E-state index is 0.0429. The van der Waals surface area contributed by atoms with Crippen molar-refractivity contribution in [2.24, 2.45) is 0 Å². The Morgan fingerprint density at radius 3 is 2.40 bits per heavy atom. The van der Waals surface area contributed by atoms with E-state index in [0.29, 0.717) is 10.9 Å². The number of para-hydroxylation sites is 1. The van der Waals surface area contributed by atoms with Crippen molar-refractivity contribution in [3.8, 4) is 11.1 Å². The molecule has 2 aromatic heterocycles. The second kappa shape index (κ2) is 5.34. The SMILES string of the molecule is O=[N+]([O-])c1cc(F)c(F)c(-c2cc3ccccc3n3cccc23)c1F. The van der Waals surface area contributed by atoms with Crippen LogP contribution < -0.4 is 0 Å². The highest BCUT2D eigenvalue weighted by atomic mass is 19.2. The van der Waals surface area contributed by atoms with Crippen LogP contribution in [0, 0.1) is 27.6 Å². The van der Waals surface area contributed by atoms with E-state index in [4.69, 9.17) is 0 Å². The zero-order chi connectivity index (χ0) is 17.7. The quantitative estimate of drug-likeness (QED) is 0.290. The van der Waals surface area contributed by atoms with Gasteiger partial charge in [0, 0.05) is 11.8 Å². The van der Waals surface area contributed by atoms with Gasteiger partial charge < -0.3 is 4.40 Å². The molecule has 0 radical (unpaired) electrons. The van der Waals surface area contributed by atoms with Gasteiger partial charge >= 0.3 is 5.69 Å². The fourth-order valence-electron chi connectivity index (χ4n) is 3.03. The van der Waals surface area contributed by atoms with Crippen LogP contribution in [0.5, 0.6) is 0 Å². The highest BCUT2D eigenvalue weighted by Crippen LogP contribution is 2.37. The molecule has 124 valence electrons. The summed E-state index contributed by atoms with van der Waals surface area (Å²) in [6, 6.07) is 12.2. The maximum atomic E-state index is 14.6. The molecule has 0 aliphatic rings. The summed E-state index contributed by atoms with van der Waals surface area (Å²) in [6.07, 6.45) is 1.70. The van der Waals surface area contributed by atoms with Gasteiger partial charge in [-0.15, -0.1) is 0 Å². The second-order valence-corrected chi connectivity index (χ2v) is 5.52. The van der Waals surface area contributed by atoms with Gasteiger partial charge in [-0.3, -0.25) is 10.1 Å². The van der Waals surface area contributed by atoms with Gasteiger partial charge in [-0.25, -0.2) is 8.78 Å². The molecule has 0 unspecified atom stereocenters. The van der Waals surface area contributed by atoms with Crippen molar-refractivity contribution >= 4 is 22.1 Å². The van der Waals surface area contributed by atoms with Crippen LogP contribution in [0.2, 0.25) is 0 Å². The normalized spacial score (nSPS) is 11.3. The Bertz CT molecular complexity index is 1170. The standard InChI is InChI=1S/C18H9F3N2O2/c19-12-9-15(23(24)25)18(21)16(17(12)20)11-8-10-4-1-2-5-13(10)22-7-3-6-14(11)22/h1-9H. The third-order valence-electron chi connectivity index (χ3n) is 4.12. The molecule has 0 atom stereocenters. The minimum Gasteiger partial charge on any atom is -0.316 e. The van der Waals surface area contributed by atoms with Crippen molar-refractivity contribution in [1.29, 1.82) is 0 Å². The molecule has 4 nitrogen and oxygen atoms in total. The molecule has 0 N–H and O–H groups in total. The number of fused-ring (bicyclic) bond motifs is 3. The fourth-order valence-corrected chi connectivity index (χ4v) is 3.03. The monoisotopic (exact) mass is 342 g/mol. The van der Waals surface area contributed by atoms with Crippen LogP contribution in [0.15, 0.2) is 54.7 Å². The summed E-state index contributed by atoms with van der Waals surface area (Å²) in [7, 11) is 0. The number of pyridine rings is 1. The van der Waals surface area contributed by atoms with E-state index in [0.717, 1.165) is 5.52 Å². The maximum Gasteiger partial charge on any atom is 0.308 e. The fraction of sp³-hybridized carbons (Fsp3) is 0. The molecule has 0 saturated heterocycles. The number of halogens is 3. The predicted molar refractivity (Wildman–Crippen MR) is 86.9 cm³/mol. The molecule has 2 aromatic carbocycles. The summed E-state index contributed by atoms with van der Waals surface area (Å²) in [5.41, 5.74) is -0.608. The van der Waals surface area contributed by atoms with Crippen molar-refractivity contribution in [2.45, 2.75) is 0 Å². The van der Waals surface area contributed by atoms with Crippen LogP contribution in [0.4, 0.5) is 18.9 Å². The number of nitro benzene ring substituents is 1. The third kappa shape index (κ3) is 2.16. The number of nitro groups is 1. The lowest BCUT2D eigenvalue weighted by Crippen LogP contribution is -2.02. The maximum absolute atomic E-state index is 14.6. The largest absolute Gasteiger partial charge is 0.316 e. The van der Waals surface area contributed by atoms with Crippen LogP contribution >= 0.6 is 0 Å². The molecule has 0 aliphatic carbocycles. The summed E-state index contributed by atoms with van der Waals surface area (Å²) in [4.78, 5) is 9.89. The Balaban J connectivity index is 2.18. The van der Waals surface area contributed by atoms with E-state index in [1.165, 1.54) is 6.07 Å². The number of hydrogen-bond acceptors (Lipinski definition) is 2. The summed E-state index contributed by atoms with van der Waals surface area (Å²) >= 11 is 0. The second-order valence-electron chi connectivity index (χ2n) is 5.52. The molecular formula is C18H9F3N2O2. The molecule has 0 aliphatic heterocycles. The van der Waals surface area contributed by atoms with Crippen LogP contribution in [0.3, 0.4) is 0 Å². The first-order valence-electron chi connectivity index (χ1n) is 7.30. The highest BCUT2D eigenvalue weighted by molar-refractivity contribution is 5.93. The molecule has 4 aromatic rings. The topological polar surface area (TPSA) is 47.5 Å². The van der Waals surface area contributed by atoms with Gasteiger partial charge in [0.05, 0.1) is 27.6 Å². The van der Waals surface area contributed by atoms with Gasteiger partial charge in [-0.05, 0) is 29.7 Å². The van der Waals surface area contributed by atoms with Gasteiger partial charge in [0.25, 0.3) is 0 Å². The summed E-state index contributed by atoms with van der Waals surface area (Å²) in [5.74, 6) is -4.33. The Morgan fingerprint density at radius 1 is 0.920 bits per heavy atom. The number of aromatic nitrogens is 1. The van der Waals surface area contributed by atoms with E-state index in [9.17, 15) is 23.3 Å². The average Bonchev–Trinajstić information content (AvgIpc) is 3.08. The van der Waals surface area contributed by atoms with Crippen LogP contribution in [-0.2, 0) is 0 Å². The zero-order valence-corrected chi connectivity index (χ0v) is 12.5. The average molecular weight is 342 g/mol. The van der Waals surface area contributed by atoms with Crippen molar-refractivity contribution < 1.29 is 18.1 Å². The molecule has 0 fully saturated rings. The molecule has 0 spiro atoms. The summed E-state index contributed by atoms with van der Waals surface area (Å²) < 4.78 is 44.6. The van der Waals surface area contributed by atoms with Gasteiger partial charge in [0.1, 0.15) is 0 Å². The molecule has 2 heterocycles. The van der Waals surface area contributed by atoms with E-state index in [2.05, 4.69) is 0 Å². The number of nitrogens with zero attached hydrogens (tertiary/aromatic N) is 2. The van der Waals surface area contributed by atoms with Gasteiger partial charge in [-0.2, -0.15) is 4.39 Å². The van der Waals surface area contributed by atoms with E-state index < -0.39 is 33.6 Å². The van der Waals surface area contributed by atoms with Crippen molar-refractivity contribution in [3.63, 3.8) is 0 Å². The molecule has 0 amide bonds. The van der Waals surface area contributed by atoms with Crippen molar-refractivity contribution in [3.05, 3.63) is 82.3 Å². The van der Waals surface area contributed by atoms with E-state index in [1.807, 2.05) is 12.1 Å². The Kier molecular flexibility index (Phi) is 3.24. The molecule has 0 saturated carbocycles. The number of benzene rings is 2. The van der Waals surface area contributed by atoms with Gasteiger partial charge in [0.2, 0.25) is 5.82 Å². The predicted octanol–water partition coefficient (Wildman–Crippen LogP) is 5.09. The molecular weight excluding hydrogens is 333 g/mol. The first-order chi connectivity index (χ1) is 12.0. The Hall–Kier alpha value is -3.35. The third-order valence-corrected chi connectivity index (χ3v) is 4.12.